The summed E-state index contributed by atoms with van der Waals surface area (Å²) in [6.45, 7) is 5.44. The van der Waals surface area contributed by atoms with Crippen molar-refractivity contribution in [3.05, 3.63) is 29.6 Å². The van der Waals surface area contributed by atoms with Crippen LogP contribution in [-0.4, -0.2) is 39.6 Å². The molecule has 0 unspecified atom stereocenters. The maximum absolute atomic E-state index is 11.4. The first-order valence-corrected chi connectivity index (χ1v) is 7.68. The van der Waals surface area contributed by atoms with Gasteiger partial charge in [-0.1, -0.05) is 19.0 Å². The lowest BCUT2D eigenvalue weighted by Crippen LogP contribution is -2.23. The van der Waals surface area contributed by atoms with Crippen molar-refractivity contribution in [2.24, 2.45) is 0 Å². The van der Waals surface area contributed by atoms with Crippen LogP contribution in [0.25, 0.3) is 0 Å². The van der Waals surface area contributed by atoms with E-state index in [-0.39, 0.29) is 17.7 Å². The molecule has 8 heteroatoms. The highest BCUT2D eigenvalue weighted by molar-refractivity contribution is 5.86. The summed E-state index contributed by atoms with van der Waals surface area (Å²) in [5.74, 6) is 1.55. The lowest BCUT2D eigenvalue weighted by atomic mass is 10.2. The van der Waals surface area contributed by atoms with E-state index >= 15 is 0 Å². The highest BCUT2D eigenvalue weighted by Gasteiger charge is 2.32. The first kappa shape index (κ1) is 15.7. The molecule has 1 aliphatic rings. The molecule has 1 aliphatic heterocycles. The van der Waals surface area contributed by atoms with Gasteiger partial charge in [0.05, 0.1) is 19.7 Å². The standard InChI is InChI=1S/C15H20N4O4/c1-9(2)13-17-14(23-18-13)11-5-4-6-19(11)7-12-16-10(8-22-12)15(20)21-3/h8-9,11H,4-7H2,1-3H3/t11-/m1/s1. The zero-order chi connectivity index (χ0) is 16.4. The summed E-state index contributed by atoms with van der Waals surface area (Å²) >= 11 is 0. The fraction of sp³-hybridized carbons (Fsp3) is 0.600. The Hall–Kier alpha value is -2.22. The van der Waals surface area contributed by atoms with E-state index in [9.17, 15) is 4.79 Å². The summed E-state index contributed by atoms with van der Waals surface area (Å²) in [5, 5.41) is 4.03. The number of esters is 1. The molecule has 0 aliphatic carbocycles. The monoisotopic (exact) mass is 320 g/mol. The van der Waals surface area contributed by atoms with Gasteiger partial charge in [-0.3, -0.25) is 4.90 Å². The second-order valence-electron chi connectivity index (χ2n) is 5.89. The summed E-state index contributed by atoms with van der Waals surface area (Å²) in [5.41, 5.74) is 0.179. The molecule has 1 saturated heterocycles. The normalized spacial score (nSPS) is 18.7. The lowest BCUT2D eigenvalue weighted by Gasteiger charge is -2.19. The van der Waals surface area contributed by atoms with Gasteiger partial charge < -0.3 is 13.7 Å². The van der Waals surface area contributed by atoms with E-state index in [1.54, 1.807) is 0 Å². The van der Waals surface area contributed by atoms with Crippen molar-refractivity contribution >= 4 is 5.97 Å². The van der Waals surface area contributed by atoms with E-state index in [4.69, 9.17) is 8.94 Å². The first-order chi connectivity index (χ1) is 11.1. The molecule has 0 spiro atoms. The molecule has 0 saturated carbocycles. The first-order valence-electron chi connectivity index (χ1n) is 7.68. The molecule has 23 heavy (non-hydrogen) atoms. The minimum absolute atomic E-state index is 0.0588. The third-order valence-electron chi connectivity index (χ3n) is 3.91. The SMILES string of the molecule is COC(=O)c1coc(CN2CCC[C@@H]2c2nc(C(C)C)no2)n1. The van der Waals surface area contributed by atoms with Gasteiger partial charge in [-0.2, -0.15) is 4.98 Å². The van der Waals surface area contributed by atoms with Crippen LogP contribution in [0.3, 0.4) is 0 Å². The smallest absolute Gasteiger partial charge is 0.360 e. The Bertz CT molecular complexity index is 679. The van der Waals surface area contributed by atoms with Gasteiger partial charge in [-0.05, 0) is 19.4 Å². The van der Waals surface area contributed by atoms with Crippen molar-refractivity contribution in [3.63, 3.8) is 0 Å². The number of ether oxygens (including phenoxy) is 1. The molecule has 124 valence electrons. The van der Waals surface area contributed by atoms with Gasteiger partial charge in [0.15, 0.2) is 11.5 Å². The average Bonchev–Trinajstić information content (AvgIpc) is 3.26. The Morgan fingerprint density at radius 1 is 1.48 bits per heavy atom. The predicted octanol–water partition coefficient (Wildman–Crippen LogP) is 2.30. The second kappa shape index (κ2) is 6.49. The Morgan fingerprint density at radius 2 is 2.30 bits per heavy atom. The van der Waals surface area contributed by atoms with Gasteiger partial charge in [0.1, 0.15) is 6.26 Å². The van der Waals surface area contributed by atoms with Crippen LogP contribution in [-0.2, 0) is 11.3 Å². The Labute approximate surface area is 133 Å². The predicted molar refractivity (Wildman–Crippen MR) is 78.6 cm³/mol. The number of nitrogens with zero attached hydrogens (tertiary/aromatic N) is 4. The maximum atomic E-state index is 11.4. The van der Waals surface area contributed by atoms with E-state index in [0.29, 0.717) is 18.3 Å². The third kappa shape index (κ3) is 3.26. The summed E-state index contributed by atoms with van der Waals surface area (Å²) in [4.78, 5) is 22.2. The third-order valence-corrected chi connectivity index (χ3v) is 3.91. The molecule has 0 bridgehead atoms. The highest BCUT2D eigenvalue weighted by atomic mass is 16.5. The van der Waals surface area contributed by atoms with Crippen LogP contribution < -0.4 is 0 Å². The van der Waals surface area contributed by atoms with Crippen molar-refractivity contribution in [1.82, 2.24) is 20.0 Å². The number of rotatable bonds is 5. The van der Waals surface area contributed by atoms with Crippen molar-refractivity contribution in [2.75, 3.05) is 13.7 Å². The average molecular weight is 320 g/mol. The second-order valence-corrected chi connectivity index (χ2v) is 5.89. The van der Waals surface area contributed by atoms with Crippen LogP contribution >= 0.6 is 0 Å². The molecule has 3 heterocycles. The van der Waals surface area contributed by atoms with Crippen molar-refractivity contribution in [2.45, 2.75) is 45.2 Å². The zero-order valence-corrected chi connectivity index (χ0v) is 13.5. The summed E-state index contributed by atoms with van der Waals surface area (Å²) in [6, 6.07) is 0.0588. The van der Waals surface area contributed by atoms with Gasteiger partial charge in [0, 0.05) is 5.92 Å². The van der Waals surface area contributed by atoms with Crippen LogP contribution in [0.5, 0.6) is 0 Å². The van der Waals surface area contributed by atoms with Gasteiger partial charge in [-0.25, -0.2) is 9.78 Å². The number of oxazole rings is 1. The minimum atomic E-state index is -0.503. The molecule has 3 rings (SSSR count). The lowest BCUT2D eigenvalue weighted by molar-refractivity contribution is 0.0594. The number of methoxy groups -OCH3 is 1. The molecular weight excluding hydrogens is 300 g/mol. The molecule has 2 aromatic heterocycles. The number of aromatic nitrogens is 3. The zero-order valence-electron chi connectivity index (χ0n) is 13.5. The van der Waals surface area contributed by atoms with Crippen molar-refractivity contribution in [3.8, 4) is 0 Å². The van der Waals surface area contributed by atoms with E-state index in [1.165, 1.54) is 13.4 Å². The molecule has 0 N–H and O–H groups in total. The van der Waals surface area contributed by atoms with E-state index in [0.717, 1.165) is 25.2 Å². The number of carbonyl (C=O) groups excluding carboxylic acids is 1. The van der Waals surface area contributed by atoms with E-state index in [2.05, 4.69) is 24.8 Å². The number of carbonyl (C=O) groups is 1. The number of hydrogen-bond acceptors (Lipinski definition) is 8. The van der Waals surface area contributed by atoms with Gasteiger partial charge in [0.2, 0.25) is 11.8 Å². The fourth-order valence-corrected chi connectivity index (χ4v) is 2.67. The Morgan fingerprint density at radius 3 is 3.00 bits per heavy atom. The van der Waals surface area contributed by atoms with Crippen LogP contribution in [0.15, 0.2) is 15.2 Å². The maximum Gasteiger partial charge on any atom is 0.360 e. The van der Waals surface area contributed by atoms with Crippen LogP contribution in [0, 0.1) is 0 Å². The molecule has 1 atom stereocenters. The number of likely N-dealkylation sites (tertiary alicyclic amines) is 1. The largest absolute Gasteiger partial charge is 0.464 e. The molecule has 2 aromatic rings. The number of hydrogen-bond donors (Lipinski definition) is 0. The van der Waals surface area contributed by atoms with E-state index < -0.39 is 5.97 Å². The van der Waals surface area contributed by atoms with Crippen LogP contribution in [0.2, 0.25) is 0 Å². The molecule has 1 fully saturated rings. The van der Waals surface area contributed by atoms with Gasteiger partial charge in [0.25, 0.3) is 0 Å². The fourth-order valence-electron chi connectivity index (χ4n) is 2.67. The quantitative estimate of drug-likeness (QED) is 0.775. The molecule has 8 nitrogen and oxygen atoms in total. The molecule has 0 amide bonds. The van der Waals surface area contributed by atoms with Crippen molar-refractivity contribution < 1.29 is 18.5 Å². The van der Waals surface area contributed by atoms with Gasteiger partial charge >= 0.3 is 5.97 Å². The van der Waals surface area contributed by atoms with Crippen LogP contribution in [0.1, 0.15) is 66.7 Å². The van der Waals surface area contributed by atoms with Gasteiger partial charge in [-0.15, -0.1) is 0 Å². The summed E-state index contributed by atoms with van der Waals surface area (Å²) in [6.07, 6.45) is 3.30. The van der Waals surface area contributed by atoms with Crippen molar-refractivity contribution in [1.29, 1.82) is 0 Å². The highest BCUT2D eigenvalue weighted by Crippen LogP contribution is 2.32. The van der Waals surface area contributed by atoms with Crippen LogP contribution in [0.4, 0.5) is 0 Å². The minimum Gasteiger partial charge on any atom is -0.464 e. The topological polar surface area (TPSA) is 94.5 Å². The van der Waals surface area contributed by atoms with E-state index in [1.807, 2.05) is 13.8 Å². The Balaban J connectivity index is 1.71. The summed E-state index contributed by atoms with van der Waals surface area (Å²) < 4.78 is 15.4. The molecule has 0 radical (unpaired) electrons. The molecule has 0 aromatic carbocycles. The Kier molecular flexibility index (Phi) is 4.42. The summed E-state index contributed by atoms with van der Waals surface area (Å²) in [7, 11) is 1.31. The molecular formula is C15H20N4O4.